The topological polar surface area (TPSA) is 87.7 Å². The van der Waals surface area contributed by atoms with Crippen molar-refractivity contribution in [3.8, 4) is 5.75 Å². The van der Waals surface area contributed by atoms with E-state index in [4.69, 9.17) is 4.74 Å². The first-order valence-corrected chi connectivity index (χ1v) is 6.60. The van der Waals surface area contributed by atoms with Crippen LogP contribution >= 0.6 is 0 Å². The smallest absolute Gasteiger partial charge is 0.326 e. The molecule has 0 aliphatic rings. The quantitative estimate of drug-likeness (QED) is 0.796. The number of urea groups is 1. The van der Waals surface area contributed by atoms with Crippen LogP contribution in [-0.4, -0.2) is 30.3 Å². The molecule has 0 aromatic heterocycles. The summed E-state index contributed by atoms with van der Waals surface area (Å²) < 4.78 is 5.16. The second kappa shape index (κ2) is 6.47. The van der Waals surface area contributed by atoms with Crippen molar-refractivity contribution in [2.24, 2.45) is 5.41 Å². The molecular weight excluding hydrogens is 272 g/mol. The molecule has 0 saturated heterocycles. The van der Waals surface area contributed by atoms with E-state index in [0.717, 1.165) is 5.56 Å². The molecule has 0 aliphatic carbocycles. The summed E-state index contributed by atoms with van der Waals surface area (Å²) in [7, 11) is 1.50. The number of ether oxygens (including phenoxy) is 1. The monoisotopic (exact) mass is 294 g/mol. The maximum Gasteiger partial charge on any atom is 0.326 e. The average molecular weight is 294 g/mol. The molecule has 0 fully saturated rings. The molecule has 0 radical (unpaired) electrons. The Morgan fingerprint density at radius 2 is 1.90 bits per heavy atom. The molecule has 0 heterocycles. The van der Waals surface area contributed by atoms with Gasteiger partial charge in [0.25, 0.3) is 0 Å². The van der Waals surface area contributed by atoms with Crippen molar-refractivity contribution in [3.63, 3.8) is 0 Å². The van der Waals surface area contributed by atoms with Gasteiger partial charge in [-0.1, -0.05) is 26.8 Å². The number of aliphatic carboxylic acids is 1. The van der Waals surface area contributed by atoms with E-state index >= 15 is 0 Å². The zero-order valence-electron chi connectivity index (χ0n) is 13.0. The van der Waals surface area contributed by atoms with E-state index in [1.165, 1.54) is 7.11 Å². The molecule has 1 atom stereocenters. The third-order valence-electron chi connectivity index (χ3n) is 2.99. The summed E-state index contributed by atoms with van der Waals surface area (Å²) in [6.45, 7) is 7.13. The minimum Gasteiger partial charge on any atom is -0.495 e. The fourth-order valence-corrected chi connectivity index (χ4v) is 1.86. The Morgan fingerprint density at radius 3 is 2.38 bits per heavy atom. The van der Waals surface area contributed by atoms with Crippen LogP contribution in [0.1, 0.15) is 26.3 Å². The van der Waals surface area contributed by atoms with Crippen LogP contribution < -0.4 is 15.4 Å². The normalized spacial score (nSPS) is 12.4. The van der Waals surface area contributed by atoms with Gasteiger partial charge in [-0.3, -0.25) is 0 Å². The molecule has 0 saturated carbocycles. The third-order valence-corrected chi connectivity index (χ3v) is 2.99. The van der Waals surface area contributed by atoms with Gasteiger partial charge >= 0.3 is 12.0 Å². The van der Waals surface area contributed by atoms with Crippen molar-refractivity contribution in [2.75, 3.05) is 12.4 Å². The second-order valence-corrected chi connectivity index (χ2v) is 5.94. The van der Waals surface area contributed by atoms with Crippen LogP contribution in [0.3, 0.4) is 0 Å². The molecule has 1 aromatic rings. The highest BCUT2D eigenvalue weighted by atomic mass is 16.5. The van der Waals surface area contributed by atoms with E-state index in [1.807, 2.05) is 13.0 Å². The Labute approximate surface area is 124 Å². The molecule has 6 nitrogen and oxygen atoms in total. The fraction of sp³-hybridized carbons (Fsp3) is 0.467. The first-order valence-electron chi connectivity index (χ1n) is 6.60. The van der Waals surface area contributed by atoms with Crippen LogP contribution in [0.5, 0.6) is 5.75 Å². The summed E-state index contributed by atoms with van der Waals surface area (Å²) in [5.41, 5.74) is 0.851. The number of benzene rings is 1. The summed E-state index contributed by atoms with van der Waals surface area (Å²) in [6.07, 6.45) is 0. The molecule has 1 rings (SSSR count). The van der Waals surface area contributed by atoms with Crippen LogP contribution in [0.4, 0.5) is 10.5 Å². The van der Waals surface area contributed by atoms with Crippen LogP contribution in [0.15, 0.2) is 18.2 Å². The minimum atomic E-state index is -1.08. The number of carboxylic acid groups (broad SMARTS) is 1. The van der Waals surface area contributed by atoms with Crippen LogP contribution in [-0.2, 0) is 4.79 Å². The van der Waals surface area contributed by atoms with E-state index in [9.17, 15) is 14.7 Å². The largest absolute Gasteiger partial charge is 0.495 e. The molecule has 0 unspecified atom stereocenters. The number of nitrogens with one attached hydrogen (secondary N) is 2. The second-order valence-electron chi connectivity index (χ2n) is 5.94. The average Bonchev–Trinajstić information content (AvgIpc) is 2.34. The molecule has 2 amide bonds. The van der Waals surface area contributed by atoms with Crippen molar-refractivity contribution in [2.45, 2.75) is 33.7 Å². The van der Waals surface area contributed by atoms with E-state index < -0.39 is 23.5 Å². The van der Waals surface area contributed by atoms with Crippen LogP contribution in [0, 0.1) is 12.3 Å². The molecule has 0 aliphatic heterocycles. The Balaban J connectivity index is 2.86. The lowest BCUT2D eigenvalue weighted by Crippen LogP contribution is -2.50. The number of carbonyl (C=O) groups is 2. The van der Waals surface area contributed by atoms with Crippen molar-refractivity contribution < 1.29 is 19.4 Å². The third kappa shape index (κ3) is 4.66. The van der Waals surface area contributed by atoms with Gasteiger partial charge in [-0.25, -0.2) is 9.59 Å². The van der Waals surface area contributed by atoms with Crippen molar-refractivity contribution in [1.29, 1.82) is 0 Å². The lowest BCUT2D eigenvalue weighted by atomic mass is 9.87. The van der Waals surface area contributed by atoms with Gasteiger partial charge in [0.15, 0.2) is 0 Å². The van der Waals surface area contributed by atoms with Gasteiger partial charge in [0, 0.05) is 0 Å². The number of amides is 2. The van der Waals surface area contributed by atoms with E-state index in [0.29, 0.717) is 11.4 Å². The Hall–Kier alpha value is -2.24. The number of anilines is 1. The first-order chi connectivity index (χ1) is 9.65. The van der Waals surface area contributed by atoms with Crippen LogP contribution in [0.25, 0.3) is 0 Å². The van der Waals surface area contributed by atoms with Gasteiger partial charge in [-0.2, -0.15) is 0 Å². The number of carbonyl (C=O) groups excluding carboxylic acids is 1. The number of carboxylic acids is 1. The number of hydrogen-bond acceptors (Lipinski definition) is 3. The lowest BCUT2D eigenvalue weighted by molar-refractivity contribution is -0.141. The van der Waals surface area contributed by atoms with Gasteiger partial charge in [0.05, 0.1) is 12.8 Å². The fourth-order valence-electron chi connectivity index (χ4n) is 1.86. The maximum absolute atomic E-state index is 12.0. The lowest BCUT2D eigenvalue weighted by Gasteiger charge is -2.27. The van der Waals surface area contributed by atoms with Gasteiger partial charge in [-0.15, -0.1) is 0 Å². The molecule has 0 bridgehead atoms. The van der Waals surface area contributed by atoms with E-state index in [1.54, 1.807) is 32.9 Å². The molecular formula is C15H22N2O4. The maximum atomic E-state index is 12.0. The Kier molecular flexibility index (Phi) is 5.18. The zero-order valence-corrected chi connectivity index (χ0v) is 13.0. The van der Waals surface area contributed by atoms with Gasteiger partial charge < -0.3 is 20.5 Å². The molecule has 21 heavy (non-hydrogen) atoms. The van der Waals surface area contributed by atoms with Crippen molar-refractivity contribution >= 4 is 17.7 Å². The summed E-state index contributed by atoms with van der Waals surface area (Å²) >= 11 is 0. The summed E-state index contributed by atoms with van der Waals surface area (Å²) in [4.78, 5) is 23.3. The molecule has 6 heteroatoms. The first kappa shape index (κ1) is 16.8. The summed E-state index contributed by atoms with van der Waals surface area (Å²) in [6, 6.07) is 3.78. The minimum absolute atomic E-state index is 0.494. The molecule has 1 aromatic carbocycles. The van der Waals surface area contributed by atoms with E-state index in [-0.39, 0.29) is 0 Å². The summed E-state index contributed by atoms with van der Waals surface area (Å²) in [5, 5.41) is 14.3. The molecule has 3 N–H and O–H groups in total. The molecule has 0 spiro atoms. The Morgan fingerprint density at radius 1 is 1.29 bits per heavy atom. The number of rotatable bonds is 4. The van der Waals surface area contributed by atoms with Crippen molar-refractivity contribution in [1.82, 2.24) is 5.32 Å². The SMILES string of the molecule is COc1ccc(C)cc1NC(=O)N[C@H](C(=O)O)C(C)(C)C. The highest BCUT2D eigenvalue weighted by Gasteiger charge is 2.32. The highest BCUT2D eigenvalue weighted by Crippen LogP contribution is 2.25. The Bertz CT molecular complexity index is 535. The predicted octanol–water partition coefficient (Wildman–Crippen LogP) is 2.62. The van der Waals surface area contributed by atoms with Gasteiger partial charge in [0.2, 0.25) is 0 Å². The van der Waals surface area contributed by atoms with Gasteiger partial charge in [0.1, 0.15) is 11.8 Å². The van der Waals surface area contributed by atoms with Gasteiger partial charge in [-0.05, 0) is 30.0 Å². The van der Waals surface area contributed by atoms with Crippen molar-refractivity contribution in [3.05, 3.63) is 23.8 Å². The zero-order chi connectivity index (χ0) is 16.2. The number of hydrogen-bond donors (Lipinski definition) is 3. The molecule has 116 valence electrons. The number of aryl methyl sites for hydroxylation is 1. The predicted molar refractivity (Wildman–Crippen MR) is 80.8 cm³/mol. The van der Waals surface area contributed by atoms with Crippen LogP contribution in [0.2, 0.25) is 0 Å². The van der Waals surface area contributed by atoms with E-state index in [2.05, 4.69) is 10.6 Å². The number of methoxy groups -OCH3 is 1. The highest BCUT2D eigenvalue weighted by molar-refractivity contribution is 5.93. The standard InChI is InChI=1S/C15H22N2O4/c1-9-6-7-11(21-5)10(8-9)16-14(20)17-12(13(18)19)15(2,3)4/h6-8,12H,1-5H3,(H,18,19)(H2,16,17,20)/t12-/m1/s1. The summed E-state index contributed by atoms with van der Waals surface area (Å²) in [5.74, 6) is -0.563.